The highest BCUT2D eigenvalue weighted by Gasteiger charge is 2.13. The Bertz CT molecular complexity index is 757. The molecular weight excluding hydrogens is 304 g/mol. The molecule has 1 amide bonds. The Kier molecular flexibility index (Phi) is 4.91. The van der Waals surface area contributed by atoms with Gasteiger partial charge >= 0.3 is 0 Å². The monoisotopic (exact) mass is 316 g/mol. The van der Waals surface area contributed by atoms with Gasteiger partial charge in [0.1, 0.15) is 0 Å². The molecule has 0 atom stereocenters. The highest BCUT2D eigenvalue weighted by atomic mass is 35.5. The summed E-state index contributed by atoms with van der Waals surface area (Å²) in [5.74, 6) is -0.386. The highest BCUT2D eigenvalue weighted by molar-refractivity contribution is 6.32. The normalized spacial score (nSPS) is 10.6. The summed E-state index contributed by atoms with van der Waals surface area (Å²) in [6, 6.07) is 11.7. The summed E-state index contributed by atoms with van der Waals surface area (Å²) in [4.78, 5) is 22.3. The van der Waals surface area contributed by atoms with Gasteiger partial charge in [0.2, 0.25) is 5.91 Å². The molecule has 0 aliphatic carbocycles. The highest BCUT2D eigenvalue weighted by Crippen LogP contribution is 2.25. The number of halogens is 1. The van der Waals surface area contributed by atoms with Crippen molar-refractivity contribution in [3.8, 4) is 0 Å². The minimum atomic E-state index is -0.482. The van der Waals surface area contributed by atoms with E-state index in [9.17, 15) is 14.9 Å². The third-order valence-corrected chi connectivity index (χ3v) is 3.42. The van der Waals surface area contributed by atoms with Crippen LogP contribution < -0.4 is 5.32 Å². The van der Waals surface area contributed by atoms with Crippen LogP contribution >= 0.6 is 11.6 Å². The molecule has 112 valence electrons. The number of carbonyl (C=O) groups excluding carboxylic acids is 1. The quantitative estimate of drug-likeness (QED) is 0.521. The fourth-order valence-electron chi connectivity index (χ4n) is 1.91. The SMILES string of the molecule is Cc1c(NC(=O)C=Cc2ccccc2Cl)cccc1[N+](=O)[O-]. The second kappa shape index (κ2) is 6.87. The van der Waals surface area contributed by atoms with Crippen molar-refractivity contribution in [3.63, 3.8) is 0 Å². The molecule has 0 aromatic heterocycles. The zero-order valence-electron chi connectivity index (χ0n) is 11.7. The lowest BCUT2D eigenvalue weighted by atomic mass is 10.1. The number of nitro groups is 1. The summed E-state index contributed by atoms with van der Waals surface area (Å²) >= 11 is 5.99. The number of carbonyl (C=O) groups is 1. The summed E-state index contributed by atoms with van der Waals surface area (Å²) in [7, 11) is 0. The number of hydrogen-bond acceptors (Lipinski definition) is 3. The maximum absolute atomic E-state index is 11.9. The fraction of sp³-hybridized carbons (Fsp3) is 0.0625. The van der Waals surface area contributed by atoms with Crippen molar-refractivity contribution >= 4 is 35.0 Å². The van der Waals surface area contributed by atoms with Crippen molar-refractivity contribution in [2.45, 2.75) is 6.92 Å². The van der Waals surface area contributed by atoms with Crippen molar-refractivity contribution in [2.24, 2.45) is 0 Å². The van der Waals surface area contributed by atoms with E-state index in [-0.39, 0.29) is 11.6 Å². The number of nitro benzene ring substituents is 1. The third-order valence-electron chi connectivity index (χ3n) is 3.08. The molecule has 0 spiro atoms. The first-order valence-corrected chi connectivity index (χ1v) is 6.84. The van der Waals surface area contributed by atoms with Gasteiger partial charge in [-0.25, -0.2) is 0 Å². The average molecular weight is 317 g/mol. The molecule has 6 heteroatoms. The molecule has 2 aromatic rings. The lowest BCUT2D eigenvalue weighted by molar-refractivity contribution is -0.385. The Labute approximate surface area is 132 Å². The fourth-order valence-corrected chi connectivity index (χ4v) is 2.11. The van der Waals surface area contributed by atoms with E-state index in [0.29, 0.717) is 16.3 Å². The maximum atomic E-state index is 11.9. The molecule has 0 aliphatic heterocycles. The Morgan fingerprint density at radius 1 is 1.23 bits per heavy atom. The number of benzene rings is 2. The van der Waals surface area contributed by atoms with Gasteiger partial charge < -0.3 is 5.32 Å². The van der Waals surface area contributed by atoms with Crippen LogP contribution in [0, 0.1) is 17.0 Å². The average Bonchev–Trinajstić information content (AvgIpc) is 2.48. The molecule has 0 saturated heterocycles. The first kappa shape index (κ1) is 15.7. The second-order valence-corrected chi connectivity index (χ2v) is 4.96. The Hall–Kier alpha value is -2.66. The van der Waals surface area contributed by atoms with Gasteiger partial charge in [0.15, 0.2) is 0 Å². The van der Waals surface area contributed by atoms with Crippen molar-refractivity contribution in [1.82, 2.24) is 0 Å². The van der Waals surface area contributed by atoms with Crippen LogP contribution in [-0.2, 0) is 4.79 Å². The first-order chi connectivity index (χ1) is 10.5. The van der Waals surface area contributed by atoms with Crippen molar-refractivity contribution in [3.05, 3.63) is 74.8 Å². The van der Waals surface area contributed by atoms with E-state index in [0.717, 1.165) is 5.56 Å². The van der Waals surface area contributed by atoms with Crippen LogP contribution in [0.4, 0.5) is 11.4 Å². The molecule has 2 rings (SSSR count). The van der Waals surface area contributed by atoms with Gasteiger partial charge in [-0.05, 0) is 30.7 Å². The van der Waals surface area contributed by atoms with E-state index < -0.39 is 4.92 Å². The Morgan fingerprint density at radius 3 is 2.64 bits per heavy atom. The molecule has 0 saturated carbocycles. The van der Waals surface area contributed by atoms with E-state index in [2.05, 4.69) is 5.32 Å². The molecule has 0 unspecified atom stereocenters. The molecule has 0 heterocycles. The van der Waals surface area contributed by atoms with Crippen molar-refractivity contribution in [2.75, 3.05) is 5.32 Å². The van der Waals surface area contributed by atoms with Crippen LogP contribution in [0.25, 0.3) is 6.08 Å². The number of hydrogen-bond donors (Lipinski definition) is 1. The van der Waals surface area contributed by atoms with Gasteiger partial charge in [0.25, 0.3) is 5.69 Å². The Balaban J connectivity index is 2.15. The van der Waals surface area contributed by atoms with Gasteiger partial charge in [-0.3, -0.25) is 14.9 Å². The molecule has 1 N–H and O–H groups in total. The Morgan fingerprint density at radius 2 is 1.95 bits per heavy atom. The van der Waals surface area contributed by atoms with E-state index in [1.807, 2.05) is 6.07 Å². The number of nitrogens with one attached hydrogen (secondary N) is 1. The zero-order chi connectivity index (χ0) is 16.1. The van der Waals surface area contributed by atoms with Crippen molar-refractivity contribution in [1.29, 1.82) is 0 Å². The maximum Gasteiger partial charge on any atom is 0.274 e. The van der Waals surface area contributed by atoms with Gasteiger partial charge in [-0.1, -0.05) is 35.9 Å². The lowest BCUT2D eigenvalue weighted by Crippen LogP contribution is -2.09. The lowest BCUT2D eigenvalue weighted by Gasteiger charge is -2.06. The third kappa shape index (κ3) is 3.71. The van der Waals surface area contributed by atoms with Gasteiger partial charge in [0.05, 0.1) is 16.2 Å². The largest absolute Gasteiger partial charge is 0.322 e. The van der Waals surface area contributed by atoms with Crippen LogP contribution in [0.5, 0.6) is 0 Å². The predicted molar refractivity (Wildman–Crippen MR) is 86.9 cm³/mol. The number of amides is 1. The smallest absolute Gasteiger partial charge is 0.274 e. The summed E-state index contributed by atoms with van der Waals surface area (Å²) in [5.41, 5.74) is 1.50. The first-order valence-electron chi connectivity index (χ1n) is 6.46. The summed E-state index contributed by atoms with van der Waals surface area (Å²) < 4.78 is 0. The zero-order valence-corrected chi connectivity index (χ0v) is 12.5. The van der Waals surface area contributed by atoms with Crippen LogP contribution in [0.15, 0.2) is 48.5 Å². The molecule has 22 heavy (non-hydrogen) atoms. The van der Waals surface area contributed by atoms with Crippen molar-refractivity contribution < 1.29 is 9.72 Å². The molecule has 0 radical (unpaired) electrons. The molecule has 0 fully saturated rings. The van der Waals surface area contributed by atoms with Gasteiger partial charge in [0, 0.05) is 17.2 Å². The molecule has 2 aromatic carbocycles. The predicted octanol–water partition coefficient (Wildman–Crippen LogP) is 4.21. The standard InChI is InChI=1S/C16H13ClN2O3/c1-11-14(7-4-8-15(11)19(21)22)18-16(20)10-9-12-5-2-3-6-13(12)17/h2-10H,1H3,(H,18,20). The molecule has 0 aliphatic rings. The summed E-state index contributed by atoms with van der Waals surface area (Å²) in [6.45, 7) is 1.59. The van der Waals surface area contributed by atoms with E-state index in [1.54, 1.807) is 37.3 Å². The van der Waals surface area contributed by atoms with E-state index in [1.165, 1.54) is 18.2 Å². The van der Waals surface area contributed by atoms with E-state index in [4.69, 9.17) is 11.6 Å². The van der Waals surface area contributed by atoms with Crippen LogP contribution in [-0.4, -0.2) is 10.8 Å². The van der Waals surface area contributed by atoms with Gasteiger partial charge in [-0.2, -0.15) is 0 Å². The molecule has 0 bridgehead atoms. The summed E-state index contributed by atoms with van der Waals surface area (Å²) in [5, 5.41) is 14.0. The minimum Gasteiger partial charge on any atom is -0.322 e. The van der Waals surface area contributed by atoms with Crippen LogP contribution in [0.3, 0.4) is 0 Å². The van der Waals surface area contributed by atoms with Crippen LogP contribution in [0.2, 0.25) is 5.02 Å². The van der Waals surface area contributed by atoms with E-state index >= 15 is 0 Å². The number of rotatable bonds is 4. The molecule has 5 nitrogen and oxygen atoms in total. The van der Waals surface area contributed by atoms with Gasteiger partial charge in [-0.15, -0.1) is 0 Å². The number of nitrogens with zero attached hydrogens (tertiary/aromatic N) is 1. The minimum absolute atomic E-state index is 0.0344. The second-order valence-electron chi connectivity index (χ2n) is 4.55. The molecular formula is C16H13ClN2O3. The number of anilines is 1. The summed E-state index contributed by atoms with van der Waals surface area (Å²) in [6.07, 6.45) is 2.92. The topological polar surface area (TPSA) is 72.2 Å². The van der Waals surface area contributed by atoms with Crippen LogP contribution in [0.1, 0.15) is 11.1 Å².